The van der Waals surface area contributed by atoms with Crippen molar-refractivity contribution in [3.05, 3.63) is 26.7 Å². The highest BCUT2D eigenvalue weighted by Crippen LogP contribution is 2.07. The molecule has 1 aromatic heterocycles. The predicted molar refractivity (Wildman–Crippen MR) is 48.3 cm³/mol. The van der Waals surface area contributed by atoms with Gasteiger partial charge in [0.15, 0.2) is 10.9 Å². The lowest BCUT2D eigenvalue weighted by Crippen LogP contribution is -2.28. The quantitative estimate of drug-likeness (QED) is 0.326. The number of thiazole rings is 1. The Morgan fingerprint density at radius 2 is 2.62 bits per heavy atom. The number of hydrogen-bond donors (Lipinski definition) is 2. The van der Waals surface area contributed by atoms with Crippen LogP contribution in [0.25, 0.3) is 0 Å². The van der Waals surface area contributed by atoms with Gasteiger partial charge >= 0.3 is 0 Å². The zero-order valence-electron chi connectivity index (χ0n) is 6.69. The maximum absolute atomic E-state index is 9.91. The van der Waals surface area contributed by atoms with Gasteiger partial charge in [0.05, 0.1) is 5.51 Å². The summed E-state index contributed by atoms with van der Waals surface area (Å²) in [5, 5.41) is 16.3. The number of nitrogens with one attached hydrogen (secondary N) is 2. The molecule has 0 amide bonds. The minimum Gasteiger partial charge on any atom is -0.284 e. The summed E-state index contributed by atoms with van der Waals surface area (Å²) in [6.45, 7) is 0. The van der Waals surface area contributed by atoms with Crippen LogP contribution in [0.4, 0.5) is 0 Å². The van der Waals surface area contributed by atoms with Crippen molar-refractivity contribution in [1.29, 1.82) is 5.41 Å². The van der Waals surface area contributed by atoms with Crippen molar-refractivity contribution in [1.82, 2.24) is 10.4 Å². The van der Waals surface area contributed by atoms with Crippen molar-refractivity contribution in [3.8, 4) is 0 Å². The lowest BCUT2D eigenvalue weighted by molar-refractivity contribution is -0.525. The number of hydrogen-bond acceptors (Lipinski definition) is 5. The highest BCUT2D eigenvalue weighted by molar-refractivity contribution is 7.09. The Morgan fingerprint density at radius 1 is 1.85 bits per heavy atom. The first-order valence-corrected chi connectivity index (χ1v) is 4.42. The second kappa shape index (κ2) is 4.51. The molecule has 0 atom stereocenters. The molecule has 2 N–H and O–H groups in total. The van der Waals surface area contributed by atoms with E-state index in [1.165, 1.54) is 11.3 Å². The van der Waals surface area contributed by atoms with Crippen LogP contribution in [-0.4, -0.2) is 15.9 Å². The molecule has 0 aromatic carbocycles. The maximum Gasteiger partial charge on any atom is 0.163 e. The molecule has 0 spiro atoms. The second-order valence-corrected chi connectivity index (χ2v) is 3.29. The van der Waals surface area contributed by atoms with Crippen LogP contribution in [0.15, 0.2) is 11.7 Å². The van der Waals surface area contributed by atoms with Crippen LogP contribution in [0.3, 0.4) is 0 Å². The van der Waals surface area contributed by atoms with E-state index in [4.69, 9.17) is 5.41 Å². The molecule has 1 aromatic rings. The van der Waals surface area contributed by atoms with Gasteiger partial charge in [-0.1, -0.05) is 5.43 Å². The number of aryl methyl sites for hydroxylation is 1. The molecule has 1 rings (SSSR count). The van der Waals surface area contributed by atoms with Gasteiger partial charge < -0.3 is 0 Å². The Bertz CT molecular complexity index is 298. The van der Waals surface area contributed by atoms with Gasteiger partial charge in [-0.3, -0.25) is 10.4 Å². The standard InChI is InChI=1S/C6H8N4O2S/c7-6(9-10(11)12)2-1-5-3-8-4-13-5/h3-4H,1-2H2,(H2,7,9). The van der Waals surface area contributed by atoms with Gasteiger partial charge in [0.25, 0.3) is 0 Å². The van der Waals surface area contributed by atoms with Gasteiger partial charge in [-0.25, -0.2) is 10.1 Å². The zero-order valence-corrected chi connectivity index (χ0v) is 7.50. The van der Waals surface area contributed by atoms with Crippen LogP contribution in [0.5, 0.6) is 0 Å². The Kier molecular flexibility index (Phi) is 3.32. The molecule has 7 heteroatoms. The summed E-state index contributed by atoms with van der Waals surface area (Å²) < 4.78 is 0. The van der Waals surface area contributed by atoms with E-state index < -0.39 is 5.03 Å². The summed E-state index contributed by atoms with van der Waals surface area (Å²) in [5.41, 5.74) is 3.49. The molecule has 1 heterocycles. The molecule has 0 aliphatic carbocycles. The summed E-state index contributed by atoms with van der Waals surface area (Å²) in [5.74, 6) is -0.0848. The molecule has 0 saturated heterocycles. The van der Waals surface area contributed by atoms with Gasteiger partial charge in [0, 0.05) is 17.5 Å². The summed E-state index contributed by atoms with van der Waals surface area (Å²) >= 11 is 1.48. The van der Waals surface area contributed by atoms with Gasteiger partial charge in [-0.15, -0.1) is 11.3 Å². The van der Waals surface area contributed by atoms with E-state index in [9.17, 15) is 10.1 Å². The highest BCUT2D eigenvalue weighted by Gasteiger charge is 2.03. The van der Waals surface area contributed by atoms with Crippen LogP contribution >= 0.6 is 11.3 Å². The average molecular weight is 200 g/mol. The van der Waals surface area contributed by atoms with Crippen molar-refractivity contribution < 1.29 is 5.03 Å². The molecule has 0 aliphatic rings. The van der Waals surface area contributed by atoms with E-state index in [1.54, 1.807) is 17.1 Å². The van der Waals surface area contributed by atoms with E-state index >= 15 is 0 Å². The third-order valence-corrected chi connectivity index (χ3v) is 2.17. The van der Waals surface area contributed by atoms with E-state index in [-0.39, 0.29) is 5.84 Å². The molecule has 70 valence electrons. The second-order valence-electron chi connectivity index (χ2n) is 2.32. The van der Waals surface area contributed by atoms with Gasteiger partial charge in [0.2, 0.25) is 0 Å². The maximum atomic E-state index is 9.91. The van der Waals surface area contributed by atoms with E-state index in [1.807, 2.05) is 0 Å². The molecule has 6 nitrogen and oxygen atoms in total. The third kappa shape index (κ3) is 3.61. The van der Waals surface area contributed by atoms with Crippen LogP contribution in [0.1, 0.15) is 11.3 Å². The number of amidine groups is 1. The summed E-state index contributed by atoms with van der Waals surface area (Å²) in [4.78, 5) is 14.8. The lowest BCUT2D eigenvalue weighted by atomic mass is 10.3. The van der Waals surface area contributed by atoms with E-state index in [0.717, 1.165) is 4.88 Å². The van der Waals surface area contributed by atoms with Crippen LogP contribution in [0, 0.1) is 15.5 Å². The third-order valence-electron chi connectivity index (χ3n) is 1.33. The number of rotatable bonds is 4. The first-order valence-electron chi connectivity index (χ1n) is 3.54. The fourth-order valence-electron chi connectivity index (χ4n) is 0.780. The minimum absolute atomic E-state index is 0.0848. The predicted octanol–water partition coefficient (Wildman–Crippen LogP) is 0.834. The highest BCUT2D eigenvalue weighted by atomic mass is 32.1. The SMILES string of the molecule is N=C(CCc1cncs1)N[N+](=O)[O-]. The molecule has 0 fully saturated rings. The summed E-state index contributed by atoms with van der Waals surface area (Å²) in [7, 11) is 0. The Morgan fingerprint density at radius 3 is 3.15 bits per heavy atom. The topological polar surface area (TPSA) is 91.9 Å². The van der Waals surface area contributed by atoms with Crippen molar-refractivity contribution in [2.75, 3.05) is 0 Å². The van der Waals surface area contributed by atoms with Crippen molar-refractivity contribution in [2.24, 2.45) is 0 Å². The van der Waals surface area contributed by atoms with Crippen molar-refractivity contribution in [2.45, 2.75) is 12.8 Å². The molecule has 0 bridgehead atoms. The monoisotopic (exact) mass is 200 g/mol. The molecular weight excluding hydrogens is 192 g/mol. The summed E-state index contributed by atoms with van der Waals surface area (Å²) in [6, 6.07) is 0. The van der Waals surface area contributed by atoms with Crippen LogP contribution in [-0.2, 0) is 6.42 Å². The number of aromatic nitrogens is 1. The Labute approximate surface area is 78.2 Å². The lowest BCUT2D eigenvalue weighted by Gasteiger charge is -1.97. The molecule has 0 unspecified atom stereocenters. The molecule has 0 saturated carbocycles. The van der Waals surface area contributed by atoms with Gasteiger partial charge in [-0.05, 0) is 6.42 Å². The summed E-state index contributed by atoms with van der Waals surface area (Å²) in [6.07, 6.45) is 2.65. The molecular formula is C6H8N4O2S. The first-order chi connectivity index (χ1) is 6.18. The van der Waals surface area contributed by atoms with Crippen LogP contribution < -0.4 is 5.43 Å². The van der Waals surface area contributed by atoms with Gasteiger partial charge in [0.1, 0.15) is 0 Å². The molecule has 13 heavy (non-hydrogen) atoms. The van der Waals surface area contributed by atoms with Crippen molar-refractivity contribution >= 4 is 17.2 Å². The fraction of sp³-hybridized carbons (Fsp3) is 0.333. The van der Waals surface area contributed by atoms with E-state index in [0.29, 0.717) is 12.8 Å². The first kappa shape index (κ1) is 9.59. The largest absolute Gasteiger partial charge is 0.284 e. The number of nitrogens with zero attached hydrogens (tertiary/aromatic N) is 2. The number of nitro groups is 1. The van der Waals surface area contributed by atoms with E-state index in [2.05, 4.69) is 4.98 Å². The van der Waals surface area contributed by atoms with Gasteiger partial charge in [-0.2, -0.15) is 0 Å². The smallest absolute Gasteiger partial charge is 0.163 e. The minimum atomic E-state index is -0.727. The van der Waals surface area contributed by atoms with Crippen molar-refractivity contribution in [3.63, 3.8) is 0 Å². The normalized spacial score (nSPS) is 9.54. The molecule has 0 aliphatic heterocycles. The Hall–Kier alpha value is -1.50. The van der Waals surface area contributed by atoms with Crippen LogP contribution in [0.2, 0.25) is 0 Å². The Balaban J connectivity index is 2.27. The molecule has 0 radical (unpaired) electrons. The number of hydrazine groups is 1. The fourth-order valence-corrected chi connectivity index (χ4v) is 1.38. The average Bonchev–Trinajstić information content (AvgIpc) is 2.51. The zero-order chi connectivity index (χ0) is 9.68.